The van der Waals surface area contributed by atoms with E-state index in [4.69, 9.17) is 5.26 Å². The van der Waals surface area contributed by atoms with Crippen molar-refractivity contribution in [1.82, 2.24) is 5.32 Å². The number of carbonyl (C=O) groups is 2. The third kappa shape index (κ3) is 4.83. The minimum Gasteiger partial charge on any atom is -0.344 e. The third-order valence-electron chi connectivity index (χ3n) is 2.88. The summed E-state index contributed by atoms with van der Waals surface area (Å²) in [7, 11) is 0. The van der Waals surface area contributed by atoms with E-state index in [1.807, 2.05) is 5.40 Å². The maximum absolute atomic E-state index is 13.4. The van der Waals surface area contributed by atoms with E-state index in [9.17, 15) is 14.0 Å². The summed E-state index contributed by atoms with van der Waals surface area (Å²) in [4.78, 5) is 24.2. The molecule has 23 heavy (non-hydrogen) atoms. The van der Waals surface area contributed by atoms with E-state index in [1.54, 1.807) is 36.4 Å². The molecule has 7 heteroatoms. The molecule has 116 valence electrons. The van der Waals surface area contributed by atoms with Gasteiger partial charge in [-0.2, -0.15) is 5.26 Å². The Morgan fingerprint density at radius 2 is 1.78 bits per heavy atom. The Morgan fingerprint density at radius 3 is 2.43 bits per heavy atom. The highest BCUT2D eigenvalue weighted by atomic mass is 32.2. The molecule has 5 nitrogen and oxygen atoms in total. The van der Waals surface area contributed by atoms with E-state index < -0.39 is 17.6 Å². The zero-order chi connectivity index (χ0) is 16.7. The van der Waals surface area contributed by atoms with Crippen LogP contribution in [-0.4, -0.2) is 11.8 Å². The van der Waals surface area contributed by atoms with Crippen LogP contribution in [0.1, 0.15) is 5.56 Å². The fraction of sp³-hybridized carbons (Fsp3) is 0.0625. The highest BCUT2D eigenvalue weighted by Crippen LogP contribution is 2.18. The largest absolute Gasteiger partial charge is 0.344 e. The van der Waals surface area contributed by atoms with Crippen molar-refractivity contribution in [2.45, 2.75) is 11.4 Å². The summed E-state index contributed by atoms with van der Waals surface area (Å²) in [5, 5.41) is 15.3. The second-order valence-electron chi connectivity index (χ2n) is 4.45. The molecule has 0 aromatic heterocycles. The normalized spacial score (nSPS) is 9.74. The Balaban J connectivity index is 1.89. The van der Waals surface area contributed by atoms with E-state index in [-0.39, 0.29) is 6.54 Å². The molecule has 0 aliphatic rings. The quantitative estimate of drug-likeness (QED) is 0.513. The van der Waals surface area contributed by atoms with Gasteiger partial charge < -0.3 is 10.6 Å². The fourth-order valence-corrected chi connectivity index (χ4v) is 2.12. The van der Waals surface area contributed by atoms with Gasteiger partial charge in [-0.1, -0.05) is 18.2 Å². The molecule has 0 bridgehead atoms. The molecule has 2 N–H and O–H groups in total. The standard InChI is InChI=1S/C16H12FN3O2S/c17-14-4-2-1-3-11(14)9-19-15(21)16(22)20-12-5-7-13(8-6-12)23-10-18/h1-8H,9H2,(H,19,21)(H,20,22). The van der Waals surface area contributed by atoms with Gasteiger partial charge in [0.2, 0.25) is 0 Å². The van der Waals surface area contributed by atoms with Gasteiger partial charge in [-0.3, -0.25) is 9.59 Å². The number of anilines is 1. The van der Waals surface area contributed by atoms with Crippen molar-refractivity contribution in [2.75, 3.05) is 5.32 Å². The van der Waals surface area contributed by atoms with E-state index in [0.717, 1.165) is 16.7 Å². The van der Waals surface area contributed by atoms with Crippen molar-refractivity contribution in [3.63, 3.8) is 0 Å². The number of amides is 2. The van der Waals surface area contributed by atoms with Crippen molar-refractivity contribution in [3.8, 4) is 5.40 Å². The molecule has 0 radical (unpaired) electrons. The first-order chi connectivity index (χ1) is 11.1. The Labute approximate surface area is 136 Å². The Hall–Kier alpha value is -2.85. The smallest absolute Gasteiger partial charge is 0.313 e. The molecule has 0 aliphatic heterocycles. The number of nitrogens with zero attached hydrogens (tertiary/aromatic N) is 1. The summed E-state index contributed by atoms with van der Waals surface area (Å²) >= 11 is 0.994. The van der Waals surface area contributed by atoms with Gasteiger partial charge in [-0.05, 0) is 42.1 Å². The third-order valence-corrected chi connectivity index (χ3v) is 3.48. The van der Waals surface area contributed by atoms with E-state index in [0.29, 0.717) is 11.3 Å². The van der Waals surface area contributed by atoms with Gasteiger partial charge in [0.1, 0.15) is 11.2 Å². The number of hydrogen-bond donors (Lipinski definition) is 2. The fourth-order valence-electron chi connectivity index (χ4n) is 1.74. The Morgan fingerprint density at radius 1 is 1.09 bits per heavy atom. The van der Waals surface area contributed by atoms with Crippen LogP contribution in [-0.2, 0) is 16.1 Å². The minimum absolute atomic E-state index is 0.0727. The van der Waals surface area contributed by atoms with Gasteiger partial charge >= 0.3 is 11.8 Å². The summed E-state index contributed by atoms with van der Waals surface area (Å²) in [5.74, 6) is -2.15. The monoisotopic (exact) mass is 329 g/mol. The summed E-state index contributed by atoms with van der Waals surface area (Å²) < 4.78 is 13.4. The van der Waals surface area contributed by atoms with Crippen LogP contribution >= 0.6 is 11.8 Å². The number of nitriles is 1. The van der Waals surface area contributed by atoms with Gasteiger partial charge in [0, 0.05) is 22.7 Å². The lowest BCUT2D eigenvalue weighted by molar-refractivity contribution is -0.136. The van der Waals surface area contributed by atoms with Crippen LogP contribution < -0.4 is 10.6 Å². The van der Waals surface area contributed by atoms with E-state index >= 15 is 0 Å². The van der Waals surface area contributed by atoms with Crippen LogP contribution in [0.5, 0.6) is 0 Å². The predicted octanol–water partition coefficient (Wildman–Crippen LogP) is 2.65. The predicted molar refractivity (Wildman–Crippen MR) is 84.8 cm³/mol. The molecule has 0 heterocycles. The number of nitrogens with one attached hydrogen (secondary N) is 2. The average Bonchev–Trinajstić information content (AvgIpc) is 2.56. The lowest BCUT2D eigenvalue weighted by Gasteiger charge is -2.07. The summed E-state index contributed by atoms with van der Waals surface area (Å²) in [6, 6.07) is 12.5. The molecular weight excluding hydrogens is 317 g/mol. The lowest BCUT2D eigenvalue weighted by atomic mass is 10.2. The molecule has 0 aliphatic carbocycles. The number of hydrogen-bond acceptors (Lipinski definition) is 4. The maximum atomic E-state index is 13.4. The first kappa shape index (κ1) is 16.5. The molecule has 2 rings (SSSR count). The maximum Gasteiger partial charge on any atom is 0.313 e. The van der Waals surface area contributed by atoms with Crippen molar-refractivity contribution < 1.29 is 14.0 Å². The van der Waals surface area contributed by atoms with Gasteiger partial charge in [-0.25, -0.2) is 4.39 Å². The van der Waals surface area contributed by atoms with Crippen LogP contribution in [0.25, 0.3) is 0 Å². The second kappa shape index (κ2) is 7.96. The number of halogens is 1. The topological polar surface area (TPSA) is 82.0 Å². The van der Waals surface area contributed by atoms with Crippen LogP contribution in [0.15, 0.2) is 53.4 Å². The van der Waals surface area contributed by atoms with Crippen molar-refractivity contribution in [2.24, 2.45) is 0 Å². The highest BCUT2D eigenvalue weighted by molar-refractivity contribution is 8.03. The molecule has 0 spiro atoms. The molecule has 0 atom stereocenters. The zero-order valence-electron chi connectivity index (χ0n) is 11.9. The number of thioether (sulfide) groups is 1. The van der Waals surface area contributed by atoms with Crippen molar-refractivity contribution in [3.05, 3.63) is 59.9 Å². The van der Waals surface area contributed by atoms with Crippen LogP contribution in [0, 0.1) is 16.5 Å². The summed E-state index contributed by atoms with van der Waals surface area (Å²) in [6.45, 7) is -0.0727. The van der Waals surface area contributed by atoms with Gasteiger partial charge in [0.05, 0.1) is 0 Å². The van der Waals surface area contributed by atoms with Crippen molar-refractivity contribution >= 4 is 29.3 Å². The molecule has 0 saturated carbocycles. The first-order valence-corrected chi connectivity index (χ1v) is 7.40. The molecule has 0 saturated heterocycles. The number of carbonyl (C=O) groups excluding carboxylic acids is 2. The lowest BCUT2D eigenvalue weighted by Crippen LogP contribution is -2.35. The highest BCUT2D eigenvalue weighted by Gasteiger charge is 2.14. The molecular formula is C16H12FN3O2S. The summed E-state index contributed by atoms with van der Waals surface area (Å²) in [6.07, 6.45) is 0. The first-order valence-electron chi connectivity index (χ1n) is 6.58. The number of rotatable bonds is 4. The molecule has 0 unspecified atom stereocenters. The van der Waals surface area contributed by atoms with E-state index in [1.165, 1.54) is 12.1 Å². The van der Waals surface area contributed by atoms with E-state index in [2.05, 4.69) is 10.6 Å². The van der Waals surface area contributed by atoms with Gasteiger partial charge in [-0.15, -0.1) is 0 Å². The SMILES string of the molecule is N#CSc1ccc(NC(=O)C(=O)NCc2ccccc2F)cc1. The van der Waals surface area contributed by atoms with Crippen LogP contribution in [0.3, 0.4) is 0 Å². The van der Waals surface area contributed by atoms with Crippen LogP contribution in [0.4, 0.5) is 10.1 Å². The van der Waals surface area contributed by atoms with Gasteiger partial charge in [0.25, 0.3) is 0 Å². The Kier molecular flexibility index (Phi) is 5.72. The zero-order valence-corrected chi connectivity index (χ0v) is 12.7. The number of thiocyanates is 1. The van der Waals surface area contributed by atoms with Gasteiger partial charge in [0.15, 0.2) is 0 Å². The Bertz CT molecular complexity index is 757. The van der Waals surface area contributed by atoms with Crippen molar-refractivity contribution in [1.29, 1.82) is 5.26 Å². The molecule has 0 fully saturated rings. The number of benzene rings is 2. The molecule has 2 aromatic rings. The minimum atomic E-state index is -0.858. The average molecular weight is 329 g/mol. The molecule has 2 aromatic carbocycles. The molecule has 2 amide bonds. The van der Waals surface area contributed by atoms with Crippen LogP contribution in [0.2, 0.25) is 0 Å². The second-order valence-corrected chi connectivity index (χ2v) is 5.30. The summed E-state index contributed by atoms with van der Waals surface area (Å²) in [5.41, 5.74) is 0.727.